The van der Waals surface area contributed by atoms with E-state index < -0.39 is 29.3 Å². The largest absolute Gasteiger partial charge is 0.484 e. The number of carboxylic acids is 1. The Labute approximate surface area is 257 Å². The number of aromatic nitrogens is 1. The first-order valence-electron chi connectivity index (χ1n) is 14.9. The lowest BCUT2D eigenvalue weighted by Gasteiger charge is -2.35. The summed E-state index contributed by atoms with van der Waals surface area (Å²) in [5.74, 6) is -1.16. The second-order valence-corrected chi connectivity index (χ2v) is 12.5. The summed E-state index contributed by atoms with van der Waals surface area (Å²) in [6.45, 7) is 2.59. The number of pyridine rings is 1. The number of ether oxygens (including phenoxy) is 1. The van der Waals surface area contributed by atoms with Crippen LogP contribution in [0.4, 0.5) is 13.2 Å². The molecule has 1 aliphatic carbocycles. The van der Waals surface area contributed by atoms with Gasteiger partial charge in [0.1, 0.15) is 11.1 Å². The maximum atomic E-state index is 14.4. The van der Waals surface area contributed by atoms with Crippen molar-refractivity contribution < 1.29 is 27.8 Å². The van der Waals surface area contributed by atoms with Crippen LogP contribution < -0.4 is 10.3 Å². The fraction of sp³-hybridized carbons (Fsp3) is 0.353. The summed E-state index contributed by atoms with van der Waals surface area (Å²) in [5.41, 5.74) is 0.625. The van der Waals surface area contributed by atoms with E-state index in [1.165, 1.54) is 22.6 Å². The lowest BCUT2D eigenvalue weighted by atomic mass is 9.92. The number of hydrogen-bond acceptors (Lipinski definition) is 5. The lowest BCUT2D eigenvalue weighted by Crippen LogP contribution is -2.43. The first-order valence-corrected chi connectivity index (χ1v) is 15.7. The van der Waals surface area contributed by atoms with Crippen LogP contribution in [0.25, 0.3) is 21.9 Å². The highest BCUT2D eigenvalue weighted by Gasteiger charge is 2.38. The molecule has 0 saturated heterocycles. The Hall–Kier alpha value is -3.76. The highest BCUT2D eigenvalue weighted by Crippen LogP contribution is 2.45. The maximum absolute atomic E-state index is 14.4. The molecule has 0 bridgehead atoms. The van der Waals surface area contributed by atoms with Gasteiger partial charge in [0.05, 0.1) is 11.7 Å². The first-order chi connectivity index (χ1) is 21.2. The van der Waals surface area contributed by atoms with Crippen molar-refractivity contribution in [2.75, 3.05) is 13.1 Å². The van der Waals surface area contributed by atoms with E-state index in [1.807, 2.05) is 53.7 Å². The minimum atomic E-state index is -4.59. The molecule has 230 valence electrons. The molecule has 0 spiro atoms. The molecule has 2 heterocycles. The Kier molecular flexibility index (Phi) is 8.48. The number of alkyl halides is 3. The number of carbonyl (C=O) groups is 1. The van der Waals surface area contributed by atoms with Crippen LogP contribution in [-0.2, 0) is 17.4 Å². The van der Waals surface area contributed by atoms with E-state index in [-0.39, 0.29) is 30.4 Å². The first kappa shape index (κ1) is 30.3. The van der Waals surface area contributed by atoms with Crippen LogP contribution in [0.15, 0.2) is 76.6 Å². The molecule has 1 atom stereocenters. The van der Waals surface area contributed by atoms with Crippen LogP contribution in [-0.4, -0.2) is 39.1 Å². The van der Waals surface area contributed by atoms with E-state index in [0.717, 1.165) is 60.6 Å². The second-order valence-electron chi connectivity index (χ2n) is 11.4. The molecule has 0 amide bonds. The van der Waals surface area contributed by atoms with Gasteiger partial charge in [-0.05, 0) is 78.1 Å². The van der Waals surface area contributed by atoms with Crippen molar-refractivity contribution in [1.29, 1.82) is 0 Å². The van der Waals surface area contributed by atoms with E-state index >= 15 is 0 Å². The Morgan fingerprint density at radius 1 is 1.05 bits per heavy atom. The number of carboxylic acid groups (broad SMARTS) is 1. The third kappa shape index (κ3) is 5.85. The molecular weight excluding hydrogens is 589 g/mol. The van der Waals surface area contributed by atoms with Gasteiger partial charge in [0.25, 0.3) is 5.56 Å². The van der Waals surface area contributed by atoms with Gasteiger partial charge in [0, 0.05) is 30.6 Å². The molecule has 6 rings (SSSR count). The average Bonchev–Trinajstić information content (AvgIpc) is 3.52. The quantitative estimate of drug-likeness (QED) is 0.201. The van der Waals surface area contributed by atoms with Gasteiger partial charge in [0.15, 0.2) is 5.75 Å². The van der Waals surface area contributed by atoms with E-state index in [0.29, 0.717) is 22.7 Å². The highest BCUT2D eigenvalue weighted by molar-refractivity contribution is 7.97. The van der Waals surface area contributed by atoms with Crippen LogP contribution >= 0.6 is 11.9 Å². The minimum Gasteiger partial charge on any atom is -0.484 e. The predicted molar refractivity (Wildman–Crippen MR) is 165 cm³/mol. The number of halogens is 3. The molecule has 6 nitrogen and oxygen atoms in total. The zero-order chi connectivity index (χ0) is 31.0. The van der Waals surface area contributed by atoms with E-state index in [9.17, 15) is 27.9 Å². The van der Waals surface area contributed by atoms with Crippen molar-refractivity contribution in [2.24, 2.45) is 0 Å². The molecule has 1 unspecified atom stereocenters. The number of rotatable bonds is 8. The van der Waals surface area contributed by atoms with Crippen LogP contribution in [0, 0.1) is 0 Å². The smallest absolute Gasteiger partial charge is 0.416 e. The standard InChI is InChI=1S/C34H33F3N2O4S/c1-2-17-38-20-28(33(41)42)39-31(40)30(43-25-14-4-5-15-25)27(19-22-11-7-10-21-9-3-6-16-26(21)22)29(32(39)44-38)23-12-8-13-24(18-23)34(35,36)37/h3,6-13,16,18,25,28H,2,4-5,14-15,17,19-20H2,1H3,(H,41,42). The van der Waals surface area contributed by atoms with E-state index in [1.54, 1.807) is 6.07 Å². The molecule has 1 aromatic heterocycles. The van der Waals surface area contributed by atoms with Crippen LogP contribution in [0.5, 0.6) is 5.75 Å². The van der Waals surface area contributed by atoms with Crippen molar-refractivity contribution in [3.05, 3.63) is 93.8 Å². The van der Waals surface area contributed by atoms with Crippen LogP contribution in [0.2, 0.25) is 0 Å². The van der Waals surface area contributed by atoms with Crippen molar-refractivity contribution >= 4 is 28.7 Å². The zero-order valence-electron chi connectivity index (χ0n) is 24.3. The number of benzene rings is 3. The molecule has 1 saturated carbocycles. The molecule has 1 N–H and O–H groups in total. The topological polar surface area (TPSA) is 71.8 Å². The van der Waals surface area contributed by atoms with Gasteiger partial charge in [-0.3, -0.25) is 9.36 Å². The molecule has 10 heteroatoms. The monoisotopic (exact) mass is 622 g/mol. The van der Waals surface area contributed by atoms with Gasteiger partial charge in [-0.2, -0.15) is 13.2 Å². The highest BCUT2D eigenvalue weighted by atomic mass is 32.2. The molecule has 1 fully saturated rings. The zero-order valence-corrected chi connectivity index (χ0v) is 25.1. The minimum absolute atomic E-state index is 0.0248. The summed E-state index contributed by atoms with van der Waals surface area (Å²) < 4.78 is 51.7. The Morgan fingerprint density at radius 2 is 1.77 bits per heavy atom. The summed E-state index contributed by atoms with van der Waals surface area (Å²) in [6.07, 6.45) is -0.516. The molecule has 44 heavy (non-hydrogen) atoms. The fourth-order valence-electron chi connectivity index (χ4n) is 6.32. The van der Waals surface area contributed by atoms with Gasteiger partial charge < -0.3 is 9.84 Å². The number of fused-ring (bicyclic) bond motifs is 2. The van der Waals surface area contributed by atoms with Crippen molar-refractivity contribution in [3.63, 3.8) is 0 Å². The lowest BCUT2D eigenvalue weighted by molar-refractivity contribution is -0.141. The third-order valence-corrected chi connectivity index (χ3v) is 9.56. The Morgan fingerprint density at radius 3 is 2.50 bits per heavy atom. The van der Waals surface area contributed by atoms with Crippen molar-refractivity contribution in [3.8, 4) is 16.9 Å². The van der Waals surface area contributed by atoms with Gasteiger partial charge in [0.2, 0.25) is 0 Å². The average molecular weight is 623 g/mol. The molecule has 1 aliphatic heterocycles. The summed E-state index contributed by atoms with van der Waals surface area (Å²) in [6, 6.07) is 17.5. The van der Waals surface area contributed by atoms with Crippen molar-refractivity contribution in [2.45, 2.75) is 68.8 Å². The summed E-state index contributed by atoms with van der Waals surface area (Å²) >= 11 is 1.23. The van der Waals surface area contributed by atoms with Crippen molar-refractivity contribution in [1.82, 2.24) is 8.87 Å². The van der Waals surface area contributed by atoms with Gasteiger partial charge in [-0.25, -0.2) is 9.10 Å². The van der Waals surface area contributed by atoms with Crippen LogP contribution in [0.1, 0.15) is 61.8 Å². The fourth-order valence-corrected chi connectivity index (χ4v) is 7.69. The van der Waals surface area contributed by atoms with E-state index in [4.69, 9.17) is 4.74 Å². The third-order valence-electron chi connectivity index (χ3n) is 8.40. The molecular formula is C34H33F3N2O4S. The molecule has 3 aromatic carbocycles. The number of aliphatic carboxylic acids is 1. The number of nitrogens with zero attached hydrogens (tertiary/aromatic N) is 2. The van der Waals surface area contributed by atoms with E-state index in [2.05, 4.69) is 0 Å². The molecule has 2 aliphatic rings. The summed E-state index contributed by atoms with van der Waals surface area (Å²) in [4.78, 5) is 27.1. The second kappa shape index (κ2) is 12.3. The molecule has 0 radical (unpaired) electrons. The van der Waals surface area contributed by atoms with Crippen LogP contribution in [0.3, 0.4) is 0 Å². The van der Waals surface area contributed by atoms with Gasteiger partial charge in [-0.1, -0.05) is 61.5 Å². The SMILES string of the molecule is CCCN1CC(C(=O)O)n2c(c(-c3cccc(C(F)(F)F)c3)c(Cc3cccc4ccccc34)c(OC3CCCC3)c2=O)S1. The number of hydrogen-bond donors (Lipinski definition) is 1. The van der Waals surface area contributed by atoms with Gasteiger partial charge in [-0.15, -0.1) is 0 Å². The molecule has 4 aromatic rings. The Balaban J connectivity index is 1.69. The predicted octanol–water partition coefficient (Wildman–Crippen LogP) is 7.96. The summed E-state index contributed by atoms with van der Waals surface area (Å²) in [5, 5.41) is 12.6. The van der Waals surface area contributed by atoms with Gasteiger partial charge >= 0.3 is 12.1 Å². The maximum Gasteiger partial charge on any atom is 0.416 e. The normalized spacial score (nSPS) is 17.6. The Bertz CT molecular complexity index is 1760. The summed E-state index contributed by atoms with van der Waals surface area (Å²) in [7, 11) is 0.